The van der Waals surface area contributed by atoms with E-state index in [1.54, 1.807) is 6.07 Å². The molecule has 0 saturated heterocycles. The Balaban J connectivity index is 2.11. The molecule has 1 aromatic carbocycles. The standard InChI is InChI=1S/C14H8F4N2O/c15-11-7-20-13-12(11)10(4-5-19-13)8-2-1-3-9(6-8)21-14(16,17)18/h1-7H,(H,19,20). The van der Waals surface area contributed by atoms with Gasteiger partial charge in [0.1, 0.15) is 11.4 Å². The molecule has 3 nitrogen and oxygen atoms in total. The van der Waals surface area contributed by atoms with Gasteiger partial charge in [-0.15, -0.1) is 13.2 Å². The van der Waals surface area contributed by atoms with Gasteiger partial charge in [-0.05, 0) is 29.3 Å². The summed E-state index contributed by atoms with van der Waals surface area (Å²) in [5.74, 6) is -0.879. The highest BCUT2D eigenvalue weighted by molar-refractivity contribution is 5.93. The van der Waals surface area contributed by atoms with Gasteiger partial charge in [-0.25, -0.2) is 9.37 Å². The number of aromatic amines is 1. The van der Waals surface area contributed by atoms with Crippen LogP contribution in [0.25, 0.3) is 22.2 Å². The molecule has 0 fully saturated rings. The fraction of sp³-hybridized carbons (Fsp3) is 0.0714. The second kappa shape index (κ2) is 4.76. The maximum absolute atomic E-state index is 13.8. The minimum atomic E-state index is -4.77. The minimum Gasteiger partial charge on any atom is -0.406 e. The second-order valence-corrected chi connectivity index (χ2v) is 4.29. The highest BCUT2D eigenvalue weighted by atomic mass is 19.4. The van der Waals surface area contributed by atoms with Crippen molar-refractivity contribution in [3.63, 3.8) is 0 Å². The molecule has 0 aliphatic heterocycles. The molecule has 3 aromatic rings. The summed E-state index contributed by atoms with van der Waals surface area (Å²) in [6, 6.07) is 6.90. The van der Waals surface area contributed by atoms with Crippen LogP contribution in [0.3, 0.4) is 0 Å². The first kappa shape index (κ1) is 13.4. The smallest absolute Gasteiger partial charge is 0.406 e. The zero-order chi connectivity index (χ0) is 15.0. The zero-order valence-electron chi connectivity index (χ0n) is 10.4. The molecule has 1 N–H and O–H groups in total. The molecule has 0 radical (unpaired) electrons. The molecule has 0 bridgehead atoms. The fourth-order valence-corrected chi connectivity index (χ4v) is 2.12. The maximum atomic E-state index is 13.8. The maximum Gasteiger partial charge on any atom is 0.573 e. The van der Waals surface area contributed by atoms with Crippen molar-refractivity contribution in [1.82, 2.24) is 9.97 Å². The SMILES string of the molecule is Fc1c[nH]c2nccc(-c3cccc(OC(F)(F)F)c3)c12. The predicted octanol–water partition coefficient (Wildman–Crippen LogP) is 4.27. The van der Waals surface area contributed by atoms with Gasteiger partial charge in [0.2, 0.25) is 0 Å². The summed E-state index contributed by atoms with van der Waals surface area (Å²) >= 11 is 0. The van der Waals surface area contributed by atoms with Crippen LogP contribution in [0.4, 0.5) is 17.6 Å². The second-order valence-electron chi connectivity index (χ2n) is 4.29. The lowest BCUT2D eigenvalue weighted by Gasteiger charge is -2.10. The molecule has 7 heteroatoms. The highest BCUT2D eigenvalue weighted by Crippen LogP contribution is 2.32. The number of aromatic nitrogens is 2. The Kier molecular flexibility index (Phi) is 3.04. The Bertz CT molecular complexity index is 795. The molecule has 108 valence electrons. The summed E-state index contributed by atoms with van der Waals surface area (Å²) in [5.41, 5.74) is 1.17. The van der Waals surface area contributed by atoms with Gasteiger partial charge >= 0.3 is 6.36 Å². The van der Waals surface area contributed by atoms with Crippen molar-refractivity contribution in [3.8, 4) is 16.9 Å². The van der Waals surface area contributed by atoms with Gasteiger partial charge in [0.25, 0.3) is 0 Å². The Morgan fingerprint density at radius 1 is 1.14 bits per heavy atom. The molecule has 3 rings (SSSR count). The van der Waals surface area contributed by atoms with Crippen LogP contribution in [0.1, 0.15) is 0 Å². The molecule has 21 heavy (non-hydrogen) atoms. The first-order valence-electron chi connectivity index (χ1n) is 5.92. The average molecular weight is 296 g/mol. The van der Waals surface area contributed by atoms with E-state index in [9.17, 15) is 17.6 Å². The Hall–Kier alpha value is -2.57. The number of rotatable bonds is 2. The van der Waals surface area contributed by atoms with Crippen molar-refractivity contribution in [1.29, 1.82) is 0 Å². The van der Waals surface area contributed by atoms with E-state index in [2.05, 4.69) is 14.7 Å². The van der Waals surface area contributed by atoms with Crippen LogP contribution in [0.2, 0.25) is 0 Å². The Morgan fingerprint density at radius 3 is 2.71 bits per heavy atom. The summed E-state index contributed by atoms with van der Waals surface area (Å²) in [5, 5.41) is 0.224. The monoisotopic (exact) mass is 296 g/mol. The van der Waals surface area contributed by atoms with Gasteiger partial charge in [-0.3, -0.25) is 0 Å². The van der Waals surface area contributed by atoms with Crippen LogP contribution in [-0.4, -0.2) is 16.3 Å². The van der Waals surface area contributed by atoms with Crippen LogP contribution in [0.5, 0.6) is 5.75 Å². The van der Waals surface area contributed by atoms with Gasteiger partial charge in [0.15, 0.2) is 5.82 Å². The molecule has 2 aromatic heterocycles. The fourth-order valence-electron chi connectivity index (χ4n) is 2.12. The Labute approximate surface area is 116 Å². The molecule has 0 spiro atoms. The van der Waals surface area contributed by atoms with Gasteiger partial charge in [-0.1, -0.05) is 12.1 Å². The van der Waals surface area contributed by atoms with E-state index in [0.717, 1.165) is 6.20 Å². The van der Waals surface area contributed by atoms with E-state index in [1.165, 1.54) is 30.5 Å². The molecular weight excluding hydrogens is 288 g/mol. The van der Waals surface area contributed by atoms with E-state index < -0.39 is 12.2 Å². The average Bonchev–Trinajstić information content (AvgIpc) is 2.79. The quantitative estimate of drug-likeness (QED) is 0.717. The predicted molar refractivity (Wildman–Crippen MR) is 68.2 cm³/mol. The number of fused-ring (bicyclic) bond motifs is 1. The number of hydrogen-bond donors (Lipinski definition) is 1. The van der Waals surface area contributed by atoms with Crippen molar-refractivity contribution in [2.75, 3.05) is 0 Å². The molecule has 0 saturated carbocycles. The van der Waals surface area contributed by atoms with Crippen molar-refractivity contribution in [3.05, 3.63) is 48.5 Å². The summed E-state index contributed by atoms with van der Waals surface area (Å²) in [4.78, 5) is 6.62. The highest BCUT2D eigenvalue weighted by Gasteiger charge is 2.31. The zero-order valence-corrected chi connectivity index (χ0v) is 10.4. The van der Waals surface area contributed by atoms with Crippen LogP contribution < -0.4 is 4.74 Å². The lowest BCUT2D eigenvalue weighted by Crippen LogP contribution is -2.17. The molecule has 0 atom stereocenters. The minimum absolute atomic E-state index is 0.224. The number of halogens is 4. The van der Waals surface area contributed by atoms with Crippen molar-refractivity contribution in [2.45, 2.75) is 6.36 Å². The number of nitrogens with zero attached hydrogens (tertiary/aromatic N) is 1. The summed E-state index contributed by atoms with van der Waals surface area (Å²) in [6.07, 6.45) is -2.17. The van der Waals surface area contributed by atoms with E-state index in [1.807, 2.05) is 0 Å². The largest absolute Gasteiger partial charge is 0.573 e. The number of benzene rings is 1. The summed E-state index contributed by atoms with van der Waals surface area (Å²) < 4.78 is 54.4. The van der Waals surface area contributed by atoms with Crippen LogP contribution >= 0.6 is 0 Å². The van der Waals surface area contributed by atoms with Gasteiger partial charge in [0.05, 0.1) is 5.39 Å². The number of alkyl halides is 3. The third-order valence-electron chi connectivity index (χ3n) is 2.90. The summed E-state index contributed by atoms with van der Waals surface area (Å²) in [7, 11) is 0. The van der Waals surface area contributed by atoms with E-state index in [-0.39, 0.29) is 11.1 Å². The topological polar surface area (TPSA) is 37.9 Å². The lowest BCUT2D eigenvalue weighted by molar-refractivity contribution is -0.274. The third kappa shape index (κ3) is 2.67. The molecule has 0 unspecified atom stereocenters. The van der Waals surface area contributed by atoms with Gasteiger partial charge < -0.3 is 9.72 Å². The van der Waals surface area contributed by atoms with Crippen LogP contribution in [-0.2, 0) is 0 Å². The Morgan fingerprint density at radius 2 is 1.95 bits per heavy atom. The third-order valence-corrected chi connectivity index (χ3v) is 2.90. The van der Waals surface area contributed by atoms with Crippen molar-refractivity contribution in [2.24, 2.45) is 0 Å². The van der Waals surface area contributed by atoms with Gasteiger partial charge in [0, 0.05) is 12.4 Å². The number of nitrogens with one attached hydrogen (secondary N) is 1. The van der Waals surface area contributed by atoms with Crippen LogP contribution in [0.15, 0.2) is 42.7 Å². The normalized spacial score (nSPS) is 11.8. The number of pyridine rings is 1. The van der Waals surface area contributed by atoms with E-state index in [0.29, 0.717) is 16.8 Å². The molecular formula is C14H8F4N2O. The number of ether oxygens (including phenoxy) is 1. The number of hydrogen-bond acceptors (Lipinski definition) is 2. The van der Waals surface area contributed by atoms with E-state index in [4.69, 9.17) is 0 Å². The van der Waals surface area contributed by atoms with Gasteiger partial charge in [-0.2, -0.15) is 0 Å². The number of H-pyrrole nitrogens is 1. The molecule has 2 heterocycles. The molecule has 0 aliphatic carbocycles. The molecule has 0 aliphatic rings. The first-order chi connectivity index (χ1) is 9.94. The first-order valence-corrected chi connectivity index (χ1v) is 5.92. The van der Waals surface area contributed by atoms with E-state index >= 15 is 0 Å². The summed E-state index contributed by atoms with van der Waals surface area (Å²) in [6.45, 7) is 0. The van der Waals surface area contributed by atoms with Crippen molar-refractivity contribution < 1.29 is 22.3 Å². The lowest BCUT2D eigenvalue weighted by atomic mass is 10.0. The molecule has 0 amide bonds. The van der Waals surface area contributed by atoms with Crippen LogP contribution in [0, 0.1) is 5.82 Å². The van der Waals surface area contributed by atoms with Crippen molar-refractivity contribution >= 4 is 11.0 Å².